The zero-order valence-corrected chi connectivity index (χ0v) is 10.3. The predicted octanol–water partition coefficient (Wildman–Crippen LogP) is 2.22. The molecule has 1 saturated heterocycles. The summed E-state index contributed by atoms with van der Waals surface area (Å²) >= 11 is 0. The highest BCUT2D eigenvalue weighted by molar-refractivity contribution is 5.41. The lowest BCUT2D eigenvalue weighted by atomic mass is 9.91. The second kappa shape index (κ2) is 5.52. The average molecular weight is 257 g/mol. The van der Waals surface area contributed by atoms with Crippen LogP contribution in [0.5, 0.6) is 11.5 Å². The summed E-state index contributed by atoms with van der Waals surface area (Å²) in [6, 6.07) is 0.966. The van der Waals surface area contributed by atoms with Crippen LogP contribution in [-0.2, 0) is 6.42 Å². The molecule has 0 saturated carbocycles. The highest BCUT2D eigenvalue weighted by atomic mass is 19.1. The largest absolute Gasteiger partial charge is 0.505 e. The molecule has 1 heterocycles. The highest BCUT2D eigenvalue weighted by Gasteiger charge is 2.23. The first-order valence-electron chi connectivity index (χ1n) is 6.08. The molecule has 0 radical (unpaired) electrons. The van der Waals surface area contributed by atoms with E-state index in [4.69, 9.17) is 4.74 Å². The van der Waals surface area contributed by atoms with Gasteiger partial charge in [-0.1, -0.05) is 0 Å². The molecule has 1 aromatic rings. The van der Waals surface area contributed by atoms with E-state index in [0.29, 0.717) is 0 Å². The first-order valence-corrected chi connectivity index (χ1v) is 6.08. The van der Waals surface area contributed by atoms with Gasteiger partial charge in [-0.2, -0.15) is 0 Å². The molecule has 2 N–H and O–H groups in total. The Hall–Kier alpha value is -1.36. The van der Waals surface area contributed by atoms with E-state index in [9.17, 15) is 13.9 Å². The Morgan fingerprint density at radius 1 is 1.44 bits per heavy atom. The molecule has 0 bridgehead atoms. The van der Waals surface area contributed by atoms with Gasteiger partial charge in [-0.25, -0.2) is 8.78 Å². The number of benzene rings is 1. The minimum atomic E-state index is -0.876. The number of nitrogens with one attached hydrogen (secondary N) is 1. The van der Waals surface area contributed by atoms with Crippen molar-refractivity contribution in [1.82, 2.24) is 5.32 Å². The van der Waals surface area contributed by atoms with Crippen molar-refractivity contribution >= 4 is 0 Å². The first kappa shape index (κ1) is 13.1. The van der Waals surface area contributed by atoms with Crippen LogP contribution >= 0.6 is 0 Å². The molecular weight excluding hydrogens is 240 g/mol. The summed E-state index contributed by atoms with van der Waals surface area (Å²) in [5.41, 5.74) is -0.0828. The second-order valence-electron chi connectivity index (χ2n) is 4.62. The summed E-state index contributed by atoms with van der Waals surface area (Å²) in [5.74, 6) is -2.08. The van der Waals surface area contributed by atoms with Gasteiger partial charge >= 0.3 is 0 Å². The van der Waals surface area contributed by atoms with Gasteiger partial charge < -0.3 is 15.2 Å². The number of hydrogen-bond donors (Lipinski definition) is 2. The maximum absolute atomic E-state index is 14.0. The number of ether oxygens (including phenoxy) is 1. The van der Waals surface area contributed by atoms with Gasteiger partial charge in [-0.3, -0.25) is 0 Å². The molecule has 1 fully saturated rings. The van der Waals surface area contributed by atoms with E-state index >= 15 is 0 Å². The van der Waals surface area contributed by atoms with E-state index in [1.807, 2.05) is 0 Å². The molecule has 0 aliphatic carbocycles. The van der Waals surface area contributed by atoms with Crippen LogP contribution in [0.2, 0.25) is 0 Å². The summed E-state index contributed by atoms with van der Waals surface area (Å²) in [6.45, 7) is 1.70. The fourth-order valence-electron chi connectivity index (χ4n) is 2.37. The fraction of sp³-hybridized carbons (Fsp3) is 0.538. The molecular formula is C13H17F2NO2. The van der Waals surface area contributed by atoms with Crippen LogP contribution in [0.4, 0.5) is 8.78 Å². The van der Waals surface area contributed by atoms with Crippen molar-refractivity contribution < 1.29 is 18.6 Å². The maximum Gasteiger partial charge on any atom is 0.171 e. The van der Waals surface area contributed by atoms with Gasteiger partial charge in [0.15, 0.2) is 23.1 Å². The molecule has 1 aliphatic rings. The van der Waals surface area contributed by atoms with Gasteiger partial charge in [0.1, 0.15) is 0 Å². The number of piperidine rings is 1. The lowest BCUT2D eigenvalue weighted by molar-refractivity contribution is 0.344. The van der Waals surface area contributed by atoms with Crippen molar-refractivity contribution in [3.05, 3.63) is 23.3 Å². The van der Waals surface area contributed by atoms with Crippen LogP contribution in [0.15, 0.2) is 6.07 Å². The molecule has 2 rings (SSSR count). The summed E-state index contributed by atoms with van der Waals surface area (Å²) in [5, 5.41) is 12.6. The van der Waals surface area contributed by atoms with Crippen LogP contribution in [0.1, 0.15) is 18.4 Å². The normalized spacial score (nSPS) is 19.8. The van der Waals surface area contributed by atoms with Crippen molar-refractivity contribution in [3.8, 4) is 11.5 Å². The minimum absolute atomic E-state index is 0.0828. The Balaban J connectivity index is 2.27. The quantitative estimate of drug-likeness (QED) is 0.872. The van der Waals surface area contributed by atoms with Crippen LogP contribution in [0, 0.1) is 17.6 Å². The molecule has 1 aliphatic heterocycles. The Morgan fingerprint density at radius 2 is 2.22 bits per heavy atom. The van der Waals surface area contributed by atoms with Gasteiger partial charge in [0, 0.05) is 11.6 Å². The second-order valence-corrected chi connectivity index (χ2v) is 4.62. The van der Waals surface area contributed by atoms with Crippen molar-refractivity contribution in [3.63, 3.8) is 0 Å². The van der Waals surface area contributed by atoms with Crippen molar-refractivity contribution in [2.75, 3.05) is 20.2 Å². The third-order valence-corrected chi connectivity index (χ3v) is 3.35. The molecule has 100 valence electrons. The smallest absolute Gasteiger partial charge is 0.171 e. The van der Waals surface area contributed by atoms with E-state index in [-0.39, 0.29) is 23.7 Å². The summed E-state index contributed by atoms with van der Waals surface area (Å²) in [6.07, 6.45) is 2.21. The highest BCUT2D eigenvalue weighted by Crippen LogP contribution is 2.32. The van der Waals surface area contributed by atoms with Gasteiger partial charge in [-0.05, 0) is 38.3 Å². The lowest BCUT2D eigenvalue weighted by Gasteiger charge is -2.23. The molecule has 5 heteroatoms. The SMILES string of the molecule is COc1cc(O)c(F)c(CC2CCCNC2)c1F. The van der Waals surface area contributed by atoms with Gasteiger partial charge in [-0.15, -0.1) is 0 Å². The number of rotatable bonds is 3. The van der Waals surface area contributed by atoms with Crippen LogP contribution < -0.4 is 10.1 Å². The zero-order chi connectivity index (χ0) is 13.1. The molecule has 0 aromatic heterocycles. The Labute approximate surface area is 105 Å². The van der Waals surface area contributed by atoms with E-state index in [1.54, 1.807) is 0 Å². The van der Waals surface area contributed by atoms with Crippen molar-refractivity contribution in [2.45, 2.75) is 19.3 Å². The average Bonchev–Trinajstić information content (AvgIpc) is 2.40. The standard InChI is InChI=1S/C13H17F2NO2/c1-18-11-6-10(17)12(14)9(13(11)15)5-8-3-2-4-16-7-8/h6,8,16-17H,2-5,7H2,1H3. The molecule has 18 heavy (non-hydrogen) atoms. The number of halogens is 2. The number of aromatic hydroxyl groups is 1. The third-order valence-electron chi connectivity index (χ3n) is 3.35. The van der Waals surface area contributed by atoms with Crippen molar-refractivity contribution in [1.29, 1.82) is 0 Å². The molecule has 0 spiro atoms. The monoisotopic (exact) mass is 257 g/mol. The van der Waals surface area contributed by atoms with Gasteiger partial charge in [0.25, 0.3) is 0 Å². The molecule has 0 amide bonds. The third kappa shape index (κ3) is 2.56. The van der Waals surface area contributed by atoms with E-state index < -0.39 is 17.4 Å². The predicted molar refractivity (Wildman–Crippen MR) is 63.9 cm³/mol. The lowest BCUT2D eigenvalue weighted by Crippen LogP contribution is -2.31. The Bertz CT molecular complexity index is 431. The first-order chi connectivity index (χ1) is 8.63. The van der Waals surface area contributed by atoms with Gasteiger partial charge in [0.05, 0.1) is 7.11 Å². The van der Waals surface area contributed by atoms with Crippen molar-refractivity contribution in [2.24, 2.45) is 5.92 Å². The topological polar surface area (TPSA) is 41.5 Å². The zero-order valence-electron chi connectivity index (χ0n) is 10.3. The molecule has 1 aromatic carbocycles. The molecule has 1 unspecified atom stereocenters. The minimum Gasteiger partial charge on any atom is -0.505 e. The number of hydrogen-bond acceptors (Lipinski definition) is 3. The van der Waals surface area contributed by atoms with Gasteiger partial charge in [0.2, 0.25) is 0 Å². The summed E-state index contributed by atoms with van der Waals surface area (Å²) in [4.78, 5) is 0. The summed E-state index contributed by atoms with van der Waals surface area (Å²) < 4.78 is 32.5. The van der Waals surface area contributed by atoms with E-state index in [1.165, 1.54) is 7.11 Å². The maximum atomic E-state index is 14.0. The van der Waals surface area contributed by atoms with E-state index in [0.717, 1.165) is 32.0 Å². The molecule has 3 nitrogen and oxygen atoms in total. The molecule has 1 atom stereocenters. The fourth-order valence-corrected chi connectivity index (χ4v) is 2.37. The summed E-state index contributed by atoms with van der Waals surface area (Å²) in [7, 11) is 1.29. The van der Waals surface area contributed by atoms with Crippen LogP contribution in [-0.4, -0.2) is 25.3 Å². The number of methoxy groups -OCH3 is 1. The Kier molecular flexibility index (Phi) is 4.01. The van der Waals surface area contributed by atoms with Crippen LogP contribution in [0.25, 0.3) is 0 Å². The number of phenols is 1. The van der Waals surface area contributed by atoms with E-state index in [2.05, 4.69) is 5.32 Å². The Morgan fingerprint density at radius 3 is 2.83 bits per heavy atom. The number of phenolic OH excluding ortho intramolecular Hbond substituents is 1. The van der Waals surface area contributed by atoms with Crippen LogP contribution in [0.3, 0.4) is 0 Å².